The molecule has 0 heterocycles. The van der Waals surface area contributed by atoms with Gasteiger partial charge in [-0.1, -0.05) is 11.6 Å². The van der Waals surface area contributed by atoms with Gasteiger partial charge in [-0.3, -0.25) is 4.79 Å². The molecule has 0 aliphatic heterocycles. The van der Waals surface area contributed by atoms with Crippen LogP contribution in [0.2, 0.25) is 5.02 Å². The van der Waals surface area contributed by atoms with Crippen LogP contribution in [-0.4, -0.2) is 19.2 Å². The predicted molar refractivity (Wildman–Crippen MR) is 66.1 cm³/mol. The van der Waals surface area contributed by atoms with Gasteiger partial charge in [0, 0.05) is 0 Å². The van der Waals surface area contributed by atoms with Gasteiger partial charge in [0.1, 0.15) is 5.75 Å². The van der Waals surface area contributed by atoms with E-state index in [1.54, 1.807) is 6.92 Å². The number of alkyl halides is 2. The number of ether oxygens (including phenoxy) is 2. The lowest BCUT2D eigenvalue weighted by Crippen LogP contribution is -2.08. The lowest BCUT2D eigenvalue weighted by Gasteiger charge is -2.10. The summed E-state index contributed by atoms with van der Waals surface area (Å²) in [4.78, 5) is 11.3. The van der Waals surface area contributed by atoms with Crippen LogP contribution in [0.1, 0.15) is 12.5 Å². The number of hydrogen-bond acceptors (Lipinski definition) is 3. The van der Waals surface area contributed by atoms with E-state index >= 15 is 0 Å². The molecule has 0 aromatic heterocycles. The van der Waals surface area contributed by atoms with Crippen molar-refractivity contribution in [3.63, 3.8) is 0 Å². The molecule has 1 rings (SSSR count). The third-order valence-corrected chi connectivity index (χ3v) is 3.27. The van der Waals surface area contributed by atoms with Crippen LogP contribution in [0, 0.1) is 0 Å². The van der Waals surface area contributed by atoms with E-state index in [-0.39, 0.29) is 28.3 Å². The number of benzene rings is 1. The molecule has 0 bridgehead atoms. The van der Waals surface area contributed by atoms with Gasteiger partial charge in [-0.25, -0.2) is 0 Å². The largest absolute Gasteiger partial charge is 0.466 e. The molecule has 0 spiro atoms. The Kier molecular flexibility index (Phi) is 5.81. The van der Waals surface area contributed by atoms with Crippen molar-refractivity contribution in [2.24, 2.45) is 0 Å². The van der Waals surface area contributed by atoms with Crippen LogP contribution in [0.3, 0.4) is 0 Å². The first-order valence-corrected chi connectivity index (χ1v) is 6.19. The van der Waals surface area contributed by atoms with Crippen molar-refractivity contribution in [1.29, 1.82) is 0 Å². The molecular weight excluding hydrogens is 333 g/mol. The summed E-state index contributed by atoms with van der Waals surface area (Å²) in [5, 5.41) is 0.187. The average molecular weight is 344 g/mol. The molecule has 7 heteroatoms. The molecule has 1 aromatic rings. The fraction of sp³-hybridized carbons (Fsp3) is 0.364. The molecule has 1 aromatic carbocycles. The Balaban J connectivity index is 2.93. The van der Waals surface area contributed by atoms with Gasteiger partial charge in [0.2, 0.25) is 0 Å². The molecule has 0 saturated carbocycles. The van der Waals surface area contributed by atoms with Gasteiger partial charge in [-0.2, -0.15) is 8.78 Å². The Morgan fingerprint density at radius 1 is 1.50 bits per heavy atom. The summed E-state index contributed by atoms with van der Waals surface area (Å²) >= 11 is 8.87. The maximum atomic E-state index is 12.2. The van der Waals surface area contributed by atoms with Gasteiger partial charge in [0.15, 0.2) is 0 Å². The third-order valence-electron chi connectivity index (χ3n) is 1.92. The molecule has 0 N–H and O–H groups in total. The Morgan fingerprint density at radius 2 is 2.17 bits per heavy atom. The predicted octanol–water partition coefficient (Wildman–Crippen LogP) is 3.81. The highest BCUT2D eigenvalue weighted by molar-refractivity contribution is 9.10. The summed E-state index contributed by atoms with van der Waals surface area (Å²) in [5.41, 5.74) is 0.442. The van der Waals surface area contributed by atoms with Crippen molar-refractivity contribution in [2.75, 3.05) is 6.61 Å². The van der Waals surface area contributed by atoms with Crippen LogP contribution in [0.5, 0.6) is 5.75 Å². The van der Waals surface area contributed by atoms with E-state index in [0.717, 1.165) is 0 Å². The fourth-order valence-electron chi connectivity index (χ4n) is 1.28. The number of carbonyl (C=O) groups excluding carboxylic acids is 1. The number of carbonyl (C=O) groups is 1. The first kappa shape index (κ1) is 15.2. The summed E-state index contributed by atoms with van der Waals surface area (Å²) in [7, 11) is 0. The average Bonchev–Trinajstić information content (AvgIpc) is 2.24. The van der Waals surface area contributed by atoms with Crippen LogP contribution in [0.4, 0.5) is 8.78 Å². The van der Waals surface area contributed by atoms with Gasteiger partial charge >= 0.3 is 12.6 Å². The normalized spacial score (nSPS) is 10.6. The zero-order chi connectivity index (χ0) is 13.7. The molecule has 0 unspecified atom stereocenters. The highest BCUT2D eigenvalue weighted by Gasteiger charge is 2.14. The molecule has 100 valence electrons. The Morgan fingerprint density at radius 3 is 2.72 bits per heavy atom. The molecule has 3 nitrogen and oxygen atoms in total. The Hall–Kier alpha value is -0.880. The van der Waals surface area contributed by atoms with E-state index in [0.29, 0.717) is 5.56 Å². The monoisotopic (exact) mass is 342 g/mol. The molecule has 0 aliphatic carbocycles. The molecule has 0 amide bonds. The van der Waals surface area contributed by atoms with Crippen LogP contribution in [0.25, 0.3) is 0 Å². The van der Waals surface area contributed by atoms with Crippen molar-refractivity contribution in [3.8, 4) is 5.75 Å². The van der Waals surface area contributed by atoms with Crippen LogP contribution in [0.15, 0.2) is 16.6 Å². The topological polar surface area (TPSA) is 35.5 Å². The molecule has 0 atom stereocenters. The number of rotatable bonds is 5. The highest BCUT2D eigenvalue weighted by Crippen LogP contribution is 2.34. The molecule has 0 aliphatic rings. The number of esters is 1. The molecule has 0 saturated heterocycles. The van der Waals surface area contributed by atoms with E-state index in [1.807, 2.05) is 0 Å². The summed E-state index contributed by atoms with van der Waals surface area (Å²) in [5.74, 6) is -0.573. The van der Waals surface area contributed by atoms with Crippen LogP contribution >= 0.6 is 27.5 Å². The quantitative estimate of drug-likeness (QED) is 0.763. The minimum atomic E-state index is -2.96. The van der Waals surface area contributed by atoms with Crippen molar-refractivity contribution >= 4 is 33.5 Å². The van der Waals surface area contributed by atoms with Crippen LogP contribution in [-0.2, 0) is 16.0 Å². The summed E-state index contributed by atoms with van der Waals surface area (Å²) < 4.78 is 33.6. The minimum absolute atomic E-state index is 0.0551. The standard InChI is InChI=1S/C11H10BrClF2O3/c1-2-17-9(16)5-6-3-7(13)10(12)8(4-6)18-11(14)15/h3-4,11H,2,5H2,1H3. The van der Waals surface area contributed by atoms with E-state index in [4.69, 9.17) is 16.3 Å². The highest BCUT2D eigenvalue weighted by atomic mass is 79.9. The zero-order valence-electron chi connectivity index (χ0n) is 9.38. The van der Waals surface area contributed by atoms with Gasteiger partial charge in [-0.15, -0.1) is 0 Å². The first-order valence-electron chi connectivity index (χ1n) is 5.02. The second-order valence-corrected chi connectivity index (χ2v) is 4.45. The summed E-state index contributed by atoms with van der Waals surface area (Å²) in [6, 6.07) is 2.81. The maximum Gasteiger partial charge on any atom is 0.387 e. The van der Waals surface area contributed by atoms with Gasteiger partial charge in [0.25, 0.3) is 0 Å². The Labute approximate surface area is 116 Å². The second-order valence-electron chi connectivity index (χ2n) is 3.25. The lowest BCUT2D eigenvalue weighted by atomic mass is 10.1. The minimum Gasteiger partial charge on any atom is -0.466 e. The SMILES string of the molecule is CCOC(=O)Cc1cc(Cl)c(Br)c(OC(F)F)c1. The number of hydrogen-bond donors (Lipinski definition) is 0. The summed E-state index contributed by atoms with van der Waals surface area (Å²) in [6.07, 6.45) is -0.0551. The van der Waals surface area contributed by atoms with Crippen LogP contribution < -0.4 is 4.74 Å². The third kappa shape index (κ3) is 4.42. The van der Waals surface area contributed by atoms with Gasteiger partial charge in [-0.05, 0) is 40.5 Å². The van der Waals surface area contributed by atoms with E-state index < -0.39 is 12.6 Å². The second kappa shape index (κ2) is 6.89. The van der Waals surface area contributed by atoms with Gasteiger partial charge < -0.3 is 9.47 Å². The molecule has 18 heavy (non-hydrogen) atoms. The zero-order valence-corrected chi connectivity index (χ0v) is 11.7. The fourth-order valence-corrected chi connectivity index (χ4v) is 1.84. The smallest absolute Gasteiger partial charge is 0.387 e. The first-order chi connectivity index (χ1) is 8.43. The Bertz CT molecular complexity index is 441. The van der Waals surface area contributed by atoms with Crippen molar-refractivity contribution in [2.45, 2.75) is 20.0 Å². The van der Waals surface area contributed by atoms with Gasteiger partial charge in [0.05, 0.1) is 22.5 Å². The number of halogens is 4. The van der Waals surface area contributed by atoms with Crippen molar-refractivity contribution in [3.05, 3.63) is 27.2 Å². The van der Waals surface area contributed by atoms with E-state index in [1.165, 1.54) is 12.1 Å². The molecule has 0 fully saturated rings. The van der Waals surface area contributed by atoms with E-state index in [9.17, 15) is 13.6 Å². The maximum absolute atomic E-state index is 12.2. The van der Waals surface area contributed by atoms with Crippen molar-refractivity contribution in [1.82, 2.24) is 0 Å². The molecular formula is C11H10BrClF2O3. The van der Waals surface area contributed by atoms with E-state index in [2.05, 4.69) is 20.7 Å². The lowest BCUT2D eigenvalue weighted by molar-refractivity contribution is -0.142. The summed E-state index contributed by atoms with van der Waals surface area (Å²) in [6.45, 7) is -1.03. The molecule has 0 radical (unpaired) electrons. The van der Waals surface area contributed by atoms with Crippen molar-refractivity contribution < 1.29 is 23.0 Å².